The van der Waals surface area contributed by atoms with Gasteiger partial charge < -0.3 is 14.8 Å². The first-order valence-corrected chi connectivity index (χ1v) is 6.22. The number of para-hydroxylation sites is 1. The van der Waals surface area contributed by atoms with E-state index in [1.165, 1.54) is 6.33 Å². The fourth-order valence-corrected chi connectivity index (χ4v) is 2.05. The van der Waals surface area contributed by atoms with Gasteiger partial charge in [0.05, 0.1) is 0 Å². The Morgan fingerprint density at radius 3 is 3.11 bits per heavy atom. The summed E-state index contributed by atoms with van der Waals surface area (Å²) in [6.45, 7) is 2.73. The van der Waals surface area contributed by atoms with Gasteiger partial charge >= 0.3 is 0 Å². The highest BCUT2D eigenvalue weighted by Gasteiger charge is 2.17. The zero-order valence-electron chi connectivity index (χ0n) is 10.3. The number of hydrogen-bond acceptors (Lipinski definition) is 5. The smallest absolute Gasteiger partial charge is 0.231 e. The summed E-state index contributed by atoms with van der Waals surface area (Å²) in [4.78, 5) is 8.09. The van der Waals surface area contributed by atoms with Gasteiger partial charge in [-0.3, -0.25) is 0 Å². The fourth-order valence-electron chi connectivity index (χ4n) is 1.92. The second-order valence-electron chi connectivity index (χ2n) is 4.14. The molecule has 2 heterocycles. The average molecular weight is 278 g/mol. The number of anilines is 1. The molecule has 1 aliphatic rings. The monoisotopic (exact) mass is 277 g/mol. The van der Waals surface area contributed by atoms with Gasteiger partial charge in [0.1, 0.15) is 17.3 Å². The van der Waals surface area contributed by atoms with Crippen LogP contribution in [0.2, 0.25) is 5.15 Å². The Bertz CT molecular complexity index is 619. The van der Waals surface area contributed by atoms with Crippen molar-refractivity contribution in [3.63, 3.8) is 0 Å². The lowest BCUT2D eigenvalue weighted by atomic mass is 10.2. The number of ether oxygens (including phenoxy) is 2. The molecule has 1 N–H and O–H groups in total. The summed E-state index contributed by atoms with van der Waals surface area (Å²) in [6, 6.07) is 5.81. The van der Waals surface area contributed by atoms with E-state index in [1.807, 2.05) is 25.1 Å². The normalized spacial score (nSPS) is 12.5. The van der Waals surface area contributed by atoms with E-state index < -0.39 is 0 Å². The van der Waals surface area contributed by atoms with Gasteiger partial charge in [-0.2, -0.15) is 0 Å². The SMILES string of the molecule is Cc1c(Cl)ncnc1NCc1cccc2c1OCO2. The zero-order chi connectivity index (χ0) is 13.2. The Balaban J connectivity index is 1.80. The van der Waals surface area contributed by atoms with Crippen LogP contribution in [0.1, 0.15) is 11.1 Å². The minimum Gasteiger partial charge on any atom is -0.454 e. The van der Waals surface area contributed by atoms with Crippen LogP contribution in [-0.4, -0.2) is 16.8 Å². The maximum Gasteiger partial charge on any atom is 0.231 e. The van der Waals surface area contributed by atoms with Gasteiger partial charge in [0.2, 0.25) is 6.79 Å². The van der Waals surface area contributed by atoms with Crippen molar-refractivity contribution in [1.82, 2.24) is 9.97 Å². The number of halogens is 1. The van der Waals surface area contributed by atoms with Crippen molar-refractivity contribution in [3.8, 4) is 11.5 Å². The molecule has 0 saturated heterocycles. The minimum atomic E-state index is 0.269. The van der Waals surface area contributed by atoms with Crippen LogP contribution in [0.3, 0.4) is 0 Å². The van der Waals surface area contributed by atoms with E-state index in [2.05, 4.69) is 15.3 Å². The molecule has 5 nitrogen and oxygen atoms in total. The van der Waals surface area contributed by atoms with Crippen LogP contribution < -0.4 is 14.8 Å². The lowest BCUT2D eigenvalue weighted by molar-refractivity contribution is 0.173. The molecule has 1 aliphatic heterocycles. The van der Waals surface area contributed by atoms with Gasteiger partial charge in [-0.15, -0.1) is 0 Å². The van der Waals surface area contributed by atoms with Crippen LogP contribution in [0.25, 0.3) is 0 Å². The zero-order valence-corrected chi connectivity index (χ0v) is 11.1. The van der Waals surface area contributed by atoms with Crippen molar-refractivity contribution in [1.29, 1.82) is 0 Å². The van der Waals surface area contributed by atoms with Gasteiger partial charge in [0.15, 0.2) is 11.5 Å². The predicted molar refractivity (Wildman–Crippen MR) is 71.7 cm³/mol. The topological polar surface area (TPSA) is 56.3 Å². The average Bonchev–Trinajstić information content (AvgIpc) is 2.89. The van der Waals surface area contributed by atoms with E-state index >= 15 is 0 Å². The first-order valence-electron chi connectivity index (χ1n) is 5.84. The van der Waals surface area contributed by atoms with Crippen molar-refractivity contribution >= 4 is 17.4 Å². The second kappa shape index (κ2) is 4.93. The summed E-state index contributed by atoms with van der Waals surface area (Å²) in [5.74, 6) is 2.28. The molecule has 1 aromatic carbocycles. The van der Waals surface area contributed by atoms with Gasteiger partial charge in [0, 0.05) is 17.7 Å². The molecule has 98 valence electrons. The van der Waals surface area contributed by atoms with Crippen LogP contribution in [0.5, 0.6) is 11.5 Å². The number of hydrogen-bond donors (Lipinski definition) is 1. The van der Waals surface area contributed by atoms with E-state index in [4.69, 9.17) is 21.1 Å². The van der Waals surface area contributed by atoms with Gasteiger partial charge in [-0.05, 0) is 13.0 Å². The maximum atomic E-state index is 5.95. The van der Waals surface area contributed by atoms with Gasteiger partial charge in [0.25, 0.3) is 0 Å². The molecule has 0 amide bonds. The van der Waals surface area contributed by atoms with Crippen LogP contribution in [0.4, 0.5) is 5.82 Å². The summed E-state index contributed by atoms with van der Waals surface area (Å²) >= 11 is 5.95. The number of nitrogens with one attached hydrogen (secondary N) is 1. The van der Waals surface area contributed by atoms with Crippen molar-refractivity contribution in [2.45, 2.75) is 13.5 Å². The molecule has 3 rings (SSSR count). The summed E-state index contributed by atoms with van der Waals surface area (Å²) in [6.07, 6.45) is 1.44. The van der Waals surface area contributed by atoms with Crippen LogP contribution in [0, 0.1) is 6.92 Å². The molecular formula is C13H12ClN3O2. The number of nitrogens with zero attached hydrogens (tertiary/aromatic N) is 2. The van der Waals surface area contributed by atoms with E-state index in [1.54, 1.807) is 0 Å². The lowest BCUT2D eigenvalue weighted by Crippen LogP contribution is -2.05. The number of benzene rings is 1. The molecular weight excluding hydrogens is 266 g/mol. The van der Waals surface area contributed by atoms with Crippen molar-refractivity contribution in [3.05, 3.63) is 40.8 Å². The Kier molecular flexibility index (Phi) is 3.13. The minimum absolute atomic E-state index is 0.269. The first-order chi connectivity index (χ1) is 9.25. The van der Waals surface area contributed by atoms with Crippen LogP contribution >= 0.6 is 11.6 Å². The third kappa shape index (κ3) is 2.29. The van der Waals surface area contributed by atoms with Crippen molar-refractivity contribution < 1.29 is 9.47 Å². The molecule has 6 heteroatoms. The largest absolute Gasteiger partial charge is 0.454 e. The summed E-state index contributed by atoms with van der Waals surface area (Å²) in [5, 5.41) is 3.68. The molecule has 0 aliphatic carbocycles. The molecule has 19 heavy (non-hydrogen) atoms. The first kappa shape index (κ1) is 12.0. The molecule has 0 fully saturated rings. The van der Waals surface area contributed by atoms with Crippen molar-refractivity contribution in [2.24, 2.45) is 0 Å². The Hall–Kier alpha value is -2.01. The van der Waals surface area contributed by atoms with Crippen LogP contribution in [0.15, 0.2) is 24.5 Å². The quantitative estimate of drug-likeness (QED) is 0.874. The van der Waals surface area contributed by atoms with E-state index in [9.17, 15) is 0 Å². The molecule has 0 radical (unpaired) electrons. The summed E-state index contributed by atoms with van der Waals surface area (Å²) in [5.41, 5.74) is 1.85. The number of fused-ring (bicyclic) bond motifs is 1. The molecule has 1 aromatic heterocycles. The molecule has 0 bridgehead atoms. The maximum absolute atomic E-state index is 5.95. The van der Waals surface area contributed by atoms with Crippen LogP contribution in [-0.2, 0) is 6.54 Å². The Morgan fingerprint density at radius 1 is 1.32 bits per heavy atom. The highest BCUT2D eigenvalue weighted by molar-refractivity contribution is 6.30. The van der Waals surface area contributed by atoms with Gasteiger partial charge in [-0.25, -0.2) is 9.97 Å². The predicted octanol–water partition coefficient (Wildman–Crippen LogP) is 2.78. The van der Waals surface area contributed by atoms with E-state index in [0.717, 1.165) is 28.4 Å². The van der Waals surface area contributed by atoms with Gasteiger partial charge in [-0.1, -0.05) is 23.7 Å². The van der Waals surface area contributed by atoms with E-state index in [0.29, 0.717) is 11.7 Å². The third-order valence-corrected chi connectivity index (χ3v) is 3.33. The Morgan fingerprint density at radius 2 is 2.21 bits per heavy atom. The number of rotatable bonds is 3. The fraction of sp³-hybridized carbons (Fsp3) is 0.231. The Labute approximate surface area is 115 Å². The third-order valence-electron chi connectivity index (χ3n) is 2.95. The van der Waals surface area contributed by atoms with E-state index in [-0.39, 0.29) is 6.79 Å². The molecule has 0 saturated carbocycles. The molecule has 2 aromatic rings. The van der Waals surface area contributed by atoms with Crippen molar-refractivity contribution in [2.75, 3.05) is 12.1 Å². The lowest BCUT2D eigenvalue weighted by Gasteiger charge is -2.10. The highest BCUT2D eigenvalue weighted by atomic mass is 35.5. The highest BCUT2D eigenvalue weighted by Crippen LogP contribution is 2.35. The molecule has 0 unspecified atom stereocenters. The second-order valence-corrected chi connectivity index (χ2v) is 4.50. The standard InChI is InChI=1S/C13H12ClN3O2/c1-8-12(14)16-6-17-13(8)15-5-9-3-2-4-10-11(9)19-7-18-10/h2-4,6H,5,7H2,1H3,(H,15,16,17). The summed E-state index contributed by atoms with van der Waals surface area (Å²) in [7, 11) is 0. The summed E-state index contributed by atoms with van der Waals surface area (Å²) < 4.78 is 10.8. The molecule has 0 atom stereocenters. The number of aromatic nitrogens is 2. The molecule has 0 spiro atoms.